The molecule has 0 aromatic heterocycles. The van der Waals surface area contributed by atoms with Crippen LogP contribution in [0.2, 0.25) is 0 Å². The first-order chi connectivity index (χ1) is 49.3. The number of aliphatic hydroxyl groups is 11. The van der Waals surface area contributed by atoms with Crippen molar-refractivity contribution < 1.29 is 89.4 Å². The van der Waals surface area contributed by atoms with Crippen molar-refractivity contribution in [3.8, 4) is 0 Å². The quantitative estimate of drug-likeness (QED) is 0.0199. The van der Waals surface area contributed by atoms with Gasteiger partial charge in [-0.25, -0.2) is 0 Å². The molecule has 0 bridgehead atoms. The normalized spacial score (nSPS) is 26.9. The zero-order valence-electron chi connectivity index (χ0n) is 62.1. The molecule has 1 amide bonds. The Morgan fingerprint density at radius 3 is 1.11 bits per heavy atom. The molecule has 3 aliphatic rings. The Hall–Kier alpha value is -3.55. The summed E-state index contributed by atoms with van der Waals surface area (Å²) >= 11 is 0. The average molecular weight is 1430 g/mol. The van der Waals surface area contributed by atoms with Crippen LogP contribution in [-0.2, 0) is 33.2 Å². The van der Waals surface area contributed by atoms with Gasteiger partial charge in [0.1, 0.15) is 73.2 Å². The number of hydrogen-bond acceptors (Lipinski definition) is 18. The van der Waals surface area contributed by atoms with E-state index in [1.54, 1.807) is 6.08 Å². The van der Waals surface area contributed by atoms with Gasteiger partial charge in [-0.2, -0.15) is 0 Å². The molecule has 19 nitrogen and oxygen atoms in total. The molecule has 0 aromatic carbocycles. The summed E-state index contributed by atoms with van der Waals surface area (Å²) in [7, 11) is 0. The molecule has 0 aromatic rings. The molecule has 0 aliphatic carbocycles. The Kier molecular flexibility index (Phi) is 55.9. The van der Waals surface area contributed by atoms with Crippen LogP contribution in [0.5, 0.6) is 0 Å². The average Bonchev–Trinajstić information content (AvgIpc) is 0.782. The highest BCUT2D eigenvalue weighted by Crippen LogP contribution is 2.33. The molecule has 12 N–H and O–H groups in total. The maximum atomic E-state index is 13.5. The summed E-state index contributed by atoms with van der Waals surface area (Å²) in [6.07, 6.45) is 57.8. The van der Waals surface area contributed by atoms with Gasteiger partial charge >= 0.3 is 0 Å². The number of carbonyl (C=O) groups is 1. The Balaban J connectivity index is 1.41. The minimum absolute atomic E-state index is 0.206. The van der Waals surface area contributed by atoms with E-state index in [0.29, 0.717) is 12.8 Å². The first-order valence-electron chi connectivity index (χ1n) is 39.6. The Morgan fingerprint density at radius 1 is 0.366 bits per heavy atom. The molecule has 101 heavy (non-hydrogen) atoms. The van der Waals surface area contributed by atoms with Crippen LogP contribution in [0.3, 0.4) is 0 Å². The number of ether oxygens (including phenoxy) is 6. The summed E-state index contributed by atoms with van der Waals surface area (Å²) in [5, 5.41) is 121. The molecule has 3 heterocycles. The van der Waals surface area contributed by atoms with E-state index in [2.05, 4.69) is 116 Å². The number of unbranched alkanes of at least 4 members (excludes halogenated alkanes) is 29. The smallest absolute Gasteiger partial charge is 0.220 e. The van der Waals surface area contributed by atoms with Gasteiger partial charge in [0.05, 0.1) is 38.6 Å². The van der Waals surface area contributed by atoms with Gasteiger partial charge < -0.3 is 89.9 Å². The van der Waals surface area contributed by atoms with Crippen LogP contribution in [0.15, 0.2) is 109 Å². The summed E-state index contributed by atoms with van der Waals surface area (Å²) in [5.74, 6) is -0.307. The van der Waals surface area contributed by atoms with E-state index in [-0.39, 0.29) is 18.9 Å². The fraction of sp³-hybridized carbons (Fsp3) is 0.768. The Labute approximate surface area is 608 Å². The van der Waals surface area contributed by atoms with Crippen LogP contribution >= 0.6 is 0 Å². The highest BCUT2D eigenvalue weighted by atomic mass is 16.8. The minimum atomic E-state index is -1.99. The summed E-state index contributed by atoms with van der Waals surface area (Å²) in [6, 6.07) is -1.01. The third kappa shape index (κ3) is 41.8. The van der Waals surface area contributed by atoms with Crippen molar-refractivity contribution in [1.82, 2.24) is 5.32 Å². The molecule has 3 aliphatic heterocycles. The maximum absolute atomic E-state index is 13.5. The lowest BCUT2D eigenvalue weighted by molar-refractivity contribution is -0.379. The number of aliphatic hydroxyl groups excluding tert-OH is 11. The molecule has 17 unspecified atom stereocenters. The number of rotatable bonds is 61. The van der Waals surface area contributed by atoms with Crippen molar-refractivity contribution in [2.75, 3.05) is 26.4 Å². The number of hydrogen-bond donors (Lipinski definition) is 12. The van der Waals surface area contributed by atoms with Crippen LogP contribution in [-0.4, -0.2) is 193 Å². The van der Waals surface area contributed by atoms with Crippen molar-refractivity contribution in [2.24, 2.45) is 0 Å². The fourth-order valence-electron chi connectivity index (χ4n) is 12.7. The molecular formula is C82H141NO18. The van der Waals surface area contributed by atoms with Gasteiger partial charge in [0, 0.05) is 6.42 Å². The van der Waals surface area contributed by atoms with E-state index in [1.165, 1.54) is 141 Å². The van der Waals surface area contributed by atoms with Crippen molar-refractivity contribution in [2.45, 2.75) is 375 Å². The monoisotopic (exact) mass is 1430 g/mol. The van der Waals surface area contributed by atoms with E-state index >= 15 is 0 Å². The van der Waals surface area contributed by atoms with Crippen molar-refractivity contribution >= 4 is 5.91 Å². The number of allylic oxidation sites excluding steroid dienone is 17. The second-order valence-corrected chi connectivity index (χ2v) is 27.8. The van der Waals surface area contributed by atoms with Gasteiger partial charge in [-0.05, 0) is 89.9 Å². The summed E-state index contributed by atoms with van der Waals surface area (Å²) in [4.78, 5) is 13.5. The van der Waals surface area contributed by atoms with Gasteiger partial charge in [0.25, 0.3) is 0 Å². The standard InChI is InChI=1S/C82H141NO18/c1-3-5-7-9-11-13-15-17-19-21-23-25-27-29-31-32-34-35-37-39-41-43-45-47-49-51-53-55-57-59-66(87)65(83-70(88)60-58-56-54-52-50-48-46-44-42-40-38-36-33-30-28-26-24-22-20-18-16-14-12-10-8-6-4-2)64-96-80-76(94)73(91)78(68(62-85)98-80)101-82-77(95)74(92)79(69(63-86)99-82)100-81-75(93)72(90)71(89)67(61-84)97-81/h6,8,12,14,18,20,24,26,30,33,38,40,44,46,49,51,57,59,65-69,71-82,84-87,89-95H,3-5,7,9-11,13,15-17,19,21-23,25,27-29,31-32,34-37,39,41-43,45,47-48,50,52-56,58,60-64H2,1-2H3,(H,83,88)/b8-6-,14-12-,20-18-,26-24-,33-30-,40-38-,46-44-,51-49+,59-57+. The predicted octanol–water partition coefficient (Wildman–Crippen LogP) is 12.9. The lowest BCUT2D eigenvalue weighted by Crippen LogP contribution is -2.66. The third-order valence-electron chi connectivity index (χ3n) is 19.1. The third-order valence-corrected chi connectivity index (χ3v) is 19.1. The lowest BCUT2D eigenvalue weighted by Gasteiger charge is -2.48. The summed E-state index contributed by atoms with van der Waals surface area (Å²) in [5.41, 5.74) is 0. The molecule has 0 spiro atoms. The molecule has 17 atom stereocenters. The Morgan fingerprint density at radius 2 is 0.693 bits per heavy atom. The second-order valence-electron chi connectivity index (χ2n) is 27.8. The first-order valence-corrected chi connectivity index (χ1v) is 39.6. The van der Waals surface area contributed by atoms with E-state index < -0.39 is 124 Å². The van der Waals surface area contributed by atoms with Gasteiger partial charge in [0.2, 0.25) is 5.91 Å². The van der Waals surface area contributed by atoms with Gasteiger partial charge in [-0.15, -0.1) is 0 Å². The van der Waals surface area contributed by atoms with Crippen LogP contribution in [0.4, 0.5) is 0 Å². The SMILES string of the molecule is CC/C=C\C/C=C\C/C=C\C/C=C\C/C=C\C/C=C\C/C=C\CCCCCCCC(=O)NC(COC1OC(CO)C(OC2OC(CO)C(OC3OC(CO)C(O)C(O)C3O)C(O)C2O)C(O)C1O)C(O)/C=C/CC/C=C/CCCCCCCCCCCCCCCCCCCCCCCCC. The molecule has 3 rings (SSSR count). The summed E-state index contributed by atoms with van der Waals surface area (Å²) < 4.78 is 34.4. The van der Waals surface area contributed by atoms with Crippen LogP contribution < -0.4 is 5.32 Å². The van der Waals surface area contributed by atoms with Crippen LogP contribution in [0, 0.1) is 0 Å². The van der Waals surface area contributed by atoms with Gasteiger partial charge in [-0.3, -0.25) is 4.79 Å². The number of nitrogens with one attached hydrogen (secondary N) is 1. The molecule has 3 fully saturated rings. The maximum Gasteiger partial charge on any atom is 0.220 e. The van der Waals surface area contributed by atoms with Gasteiger partial charge in [0.15, 0.2) is 18.9 Å². The Bertz CT molecular complexity index is 2250. The largest absolute Gasteiger partial charge is 0.394 e. The zero-order valence-corrected chi connectivity index (χ0v) is 62.1. The first kappa shape index (κ1) is 91.7. The zero-order chi connectivity index (χ0) is 73.2. The topological polar surface area (TPSA) is 307 Å². The summed E-state index contributed by atoms with van der Waals surface area (Å²) in [6.45, 7) is 1.60. The van der Waals surface area contributed by atoms with Crippen molar-refractivity contribution in [3.05, 3.63) is 109 Å². The predicted molar refractivity (Wildman–Crippen MR) is 401 cm³/mol. The van der Waals surface area contributed by atoms with E-state index in [9.17, 15) is 61.0 Å². The second kappa shape index (κ2) is 61.6. The van der Waals surface area contributed by atoms with Crippen LogP contribution in [0.1, 0.15) is 271 Å². The minimum Gasteiger partial charge on any atom is -0.394 e. The fourth-order valence-corrected chi connectivity index (χ4v) is 12.7. The molecule has 0 saturated carbocycles. The lowest BCUT2D eigenvalue weighted by atomic mass is 9.96. The molecule has 582 valence electrons. The van der Waals surface area contributed by atoms with Crippen molar-refractivity contribution in [3.63, 3.8) is 0 Å². The molecule has 0 radical (unpaired) electrons. The highest BCUT2D eigenvalue weighted by molar-refractivity contribution is 5.76. The van der Waals surface area contributed by atoms with Crippen molar-refractivity contribution in [1.29, 1.82) is 0 Å². The van der Waals surface area contributed by atoms with E-state index in [0.717, 1.165) is 96.3 Å². The van der Waals surface area contributed by atoms with E-state index in [1.807, 2.05) is 6.08 Å². The molecule has 19 heteroatoms. The van der Waals surface area contributed by atoms with Crippen LogP contribution in [0.25, 0.3) is 0 Å². The molecule has 3 saturated heterocycles. The number of amides is 1. The molecular weight excluding hydrogens is 1290 g/mol. The number of carbonyl (C=O) groups excluding carboxylic acids is 1. The van der Waals surface area contributed by atoms with Gasteiger partial charge in [-0.1, -0.05) is 284 Å². The highest BCUT2D eigenvalue weighted by Gasteiger charge is 2.53. The van der Waals surface area contributed by atoms with E-state index in [4.69, 9.17) is 28.4 Å².